The molecule has 120 valence electrons. The van der Waals surface area contributed by atoms with Gasteiger partial charge in [0.15, 0.2) is 0 Å². The van der Waals surface area contributed by atoms with Crippen LogP contribution in [0.4, 0.5) is 0 Å². The van der Waals surface area contributed by atoms with Crippen molar-refractivity contribution in [3.05, 3.63) is 0 Å². The lowest BCUT2D eigenvalue weighted by Gasteiger charge is -2.33. The number of nitrogens with one attached hydrogen (secondary N) is 1. The van der Waals surface area contributed by atoms with Crippen LogP contribution in [0.2, 0.25) is 0 Å². The molecule has 2 rings (SSSR count). The zero-order valence-electron chi connectivity index (χ0n) is 12.7. The van der Waals surface area contributed by atoms with Crippen LogP contribution in [-0.4, -0.2) is 72.1 Å². The highest BCUT2D eigenvalue weighted by molar-refractivity contribution is 5.78. The van der Waals surface area contributed by atoms with Gasteiger partial charge >= 0.3 is 5.97 Å². The second-order valence-corrected chi connectivity index (χ2v) is 6.20. The summed E-state index contributed by atoms with van der Waals surface area (Å²) in [6, 6.07) is 0.355. The van der Waals surface area contributed by atoms with E-state index in [1.165, 1.54) is 25.7 Å². The van der Waals surface area contributed by atoms with Gasteiger partial charge in [-0.3, -0.25) is 19.4 Å². The van der Waals surface area contributed by atoms with Crippen molar-refractivity contribution in [2.45, 2.75) is 44.6 Å². The average molecular weight is 297 g/mol. The molecule has 1 aliphatic heterocycles. The van der Waals surface area contributed by atoms with Crippen molar-refractivity contribution in [2.24, 2.45) is 0 Å². The lowest BCUT2D eigenvalue weighted by Crippen LogP contribution is -2.51. The number of hydrogen-bond donors (Lipinski definition) is 2. The lowest BCUT2D eigenvalue weighted by molar-refractivity contribution is -0.139. The molecule has 1 saturated carbocycles. The fraction of sp³-hybridized carbons (Fsp3) is 0.867. The van der Waals surface area contributed by atoms with Crippen molar-refractivity contribution in [2.75, 3.05) is 39.3 Å². The Hall–Kier alpha value is -1.14. The number of amides is 1. The number of carbonyl (C=O) groups excluding carboxylic acids is 1. The molecule has 21 heavy (non-hydrogen) atoms. The van der Waals surface area contributed by atoms with Gasteiger partial charge in [0, 0.05) is 32.2 Å². The fourth-order valence-corrected chi connectivity index (χ4v) is 3.20. The Balaban J connectivity index is 1.65. The fourth-order valence-electron chi connectivity index (χ4n) is 3.20. The standard InChI is InChI=1S/C15H27N3O3/c19-14(16-13-5-3-1-2-4-6-13)11-17-7-9-18(10-8-17)12-15(20)21/h13H,1-12H2,(H,16,19)(H,20,21). The number of nitrogens with zero attached hydrogens (tertiary/aromatic N) is 2. The molecule has 1 amide bonds. The van der Waals surface area contributed by atoms with E-state index in [0.717, 1.165) is 39.0 Å². The Morgan fingerprint density at radius 3 is 1.95 bits per heavy atom. The number of hydrogen-bond acceptors (Lipinski definition) is 4. The van der Waals surface area contributed by atoms with Crippen LogP contribution >= 0.6 is 0 Å². The zero-order valence-corrected chi connectivity index (χ0v) is 12.7. The minimum atomic E-state index is -0.783. The Bertz CT molecular complexity index is 346. The molecule has 0 aromatic carbocycles. The quantitative estimate of drug-likeness (QED) is 0.724. The van der Waals surface area contributed by atoms with Gasteiger partial charge in [-0.2, -0.15) is 0 Å². The number of aliphatic carboxylic acids is 1. The van der Waals surface area contributed by atoms with Crippen LogP contribution in [0.5, 0.6) is 0 Å². The predicted molar refractivity (Wildman–Crippen MR) is 80.1 cm³/mol. The summed E-state index contributed by atoms with van der Waals surface area (Å²) in [4.78, 5) is 26.8. The first-order valence-corrected chi connectivity index (χ1v) is 8.09. The molecular weight excluding hydrogens is 270 g/mol. The summed E-state index contributed by atoms with van der Waals surface area (Å²) in [5.41, 5.74) is 0. The van der Waals surface area contributed by atoms with Crippen LogP contribution in [0.15, 0.2) is 0 Å². The largest absolute Gasteiger partial charge is 0.480 e. The minimum absolute atomic E-state index is 0.0993. The second-order valence-electron chi connectivity index (χ2n) is 6.20. The van der Waals surface area contributed by atoms with Gasteiger partial charge in [0.25, 0.3) is 0 Å². The molecule has 0 bridgehead atoms. The average Bonchev–Trinajstić information content (AvgIpc) is 2.69. The molecule has 6 heteroatoms. The van der Waals surface area contributed by atoms with Gasteiger partial charge in [-0.05, 0) is 12.8 Å². The minimum Gasteiger partial charge on any atom is -0.480 e. The highest BCUT2D eigenvalue weighted by Gasteiger charge is 2.21. The molecule has 1 saturated heterocycles. The third-order valence-electron chi connectivity index (χ3n) is 4.41. The molecule has 2 fully saturated rings. The first-order valence-electron chi connectivity index (χ1n) is 8.09. The first-order chi connectivity index (χ1) is 10.1. The van der Waals surface area contributed by atoms with Gasteiger partial charge in [-0.25, -0.2) is 0 Å². The van der Waals surface area contributed by atoms with E-state index < -0.39 is 5.97 Å². The van der Waals surface area contributed by atoms with Crippen molar-refractivity contribution >= 4 is 11.9 Å². The molecule has 0 radical (unpaired) electrons. The molecule has 0 atom stereocenters. The number of carboxylic acids is 1. The normalized spacial score (nSPS) is 22.7. The summed E-state index contributed by atoms with van der Waals surface area (Å²) in [5, 5.41) is 11.9. The summed E-state index contributed by atoms with van der Waals surface area (Å²) in [7, 11) is 0. The van der Waals surface area contributed by atoms with Crippen molar-refractivity contribution in [1.82, 2.24) is 15.1 Å². The number of rotatable bonds is 5. The number of piperazine rings is 1. The maximum Gasteiger partial charge on any atom is 0.317 e. The Morgan fingerprint density at radius 2 is 1.43 bits per heavy atom. The van der Waals surface area contributed by atoms with E-state index in [4.69, 9.17) is 5.11 Å². The van der Waals surface area contributed by atoms with Gasteiger partial charge in [0.05, 0.1) is 13.1 Å². The summed E-state index contributed by atoms with van der Waals surface area (Å²) in [6.45, 7) is 3.53. The summed E-state index contributed by atoms with van der Waals surface area (Å²) >= 11 is 0. The van der Waals surface area contributed by atoms with Crippen LogP contribution in [-0.2, 0) is 9.59 Å². The molecule has 0 aromatic rings. The van der Waals surface area contributed by atoms with Crippen LogP contribution in [0.3, 0.4) is 0 Å². The maximum atomic E-state index is 12.1. The van der Waals surface area contributed by atoms with Crippen molar-refractivity contribution < 1.29 is 14.7 Å². The topological polar surface area (TPSA) is 72.9 Å². The van der Waals surface area contributed by atoms with Gasteiger partial charge in [0.1, 0.15) is 0 Å². The van der Waals surface area contributed by atoms with E-state index in [1.807, 2.05) is 4.90 Å². The van der Waals surface area contributed by atoms with E-state index in [0.29, 0.717) is 12.6 Å². The monoisotopic (exact) mass is 297 g/mol. The van der Waals surface area contributed by atoms with E-state index in [-0.39, 0.29) is 12.5 Å². The first kappa shape index (κ1) is 16.2. The maximum absolute atomic E-state index is 12.1. The molecule has 0 unspecified atom stereocenters. The molecule has 0 aromatic heterocycles. The summed E-state index contributed by atoms with van der Waals surface area (Å²) in [6.07, 6.45) is 7.24. The third-order valence-corrected chi connectivity index (χ3v) is 4.41. The Kier molecular flexibility index (Phi) is 6.45. The Morgan fingerprint density at radius 1 is 0.905 bits per heavy atom. The van der Waals surface area contributed by atoms with E-state index in [9.17, 15) is 9.59 Å². The Labute approximate surface area is 126 Å². The molecule has 6 nitrogen and oxygen atoms in total. The summed E-state index contributed by atoms with van der Waals surface area (Å²) in [5.74, 6) is -0.664. The lowest BCUT2D eigenvalue weighted by atomic mass is 10.1. The highest BCUT2D eigenvalue weighted by atomic mass is 16.4. The highest BCUT2D eigenvalue weighted by Crippen LogP contribution is 2.17. The third kappa shape index (κ3) is 6.01. The number of carboxylic acid groups (broad SMARTS) is 1. The van der Waals surface area contributed by atoms with Crippen LogP contribution < -0.4 is 5.32 Å². The SMILES string of the molecule is O=C(O)CN1CCN(CC(=O)NC2CCCCCC2)CC1. The van der Waals surface area contributed by atoms with Gasteiger partial charge in [-0.15, -0.1) is 0 Å². The molecule has 2 N–H and O–H groups in total. The molecule has 2 aliphatic rings. The summed E-state index contributed by atoms with van der Waals surface area (Å²) < 4.78 is 0. The van der Waals surface area contributed by atoms with E-state index >= 15 is 0 Å². The second kappa shape index (κ2) is 8.34. The van der Waals surface area contributed by atoms with Crippen molar-refractivity contribution in [3.63, 3.8) is 0 Å². The van der Waals surface area contributed by atoms with Crippen molar-refractivity contribution in [1.29, 1.82) is 0 Å². The molecule has 1 aliphatic carbocycles. The van der Waals surface area contributed by atoms with Gasteiger partial charge in [0.2, 0.25) is 5.91 Å². The van der Waals surface area contributed by atoms with Gasteiger partial charge < -0.3 is 10.4 Å². The van der Waals surface area contributed by atoms with Crippen molar-refractivity contribution in [3.8, 4) is 0 Å². The van der Waals surface area contributed by atoms with E-state index in [1.54, 1.807) is 0 Å². The molecule has 1 heterocycles. The molecular formula is C15H27N3O3. The number of carbonyl (C=O) groups is 2. The molecule has 0 spiro atoms. The van der Waals surface area contributed by atoms with Crippen LogP contribution in [0, 0.1) is 0 Å². The smallest absolute Gasteiger partial charge is 0.317 e. The predicted octanol–water partition coefficient (Wildman–Crippen LogP) is 0.528. The van der Waals surface area contributed by atoms with Crippen LogP contribution in [0.1, 0.15) is 38.5 Å². The van der Waals surface area contributed by atoms with Crippen LogP contribution in [0.25, 0.3) is 0 Å². The zero-order chi connectivity index (χ0) is 15.1. The van der Waals surface area contributed by atoms with Gasteiger partial charge in [-0.1, -0.05) is 25.7 Å². The van der Waals surface area contributed by atoms with E-state index in [2.05, 4.69) is 10.2 Å².